The van der Waals surface area contributed by atoms with Crippen LogP contribution in [0.5, 0.6) is 0 Å². The van der Waals surface area contributed by atoms with Crippen LogP contribution in [0.15, 0.2) is 29.2 Å². The van der Waals surface area contributed by atoms with Crippen LogP contribution >= 0.6 is 0 Å². The van der Waals surface area contributed by atoms with Crippen LogP contribution < -0.4 is 10.6 Å². The molecule has 1 heterocycles. The van der Waals surface area contributed by atoms with Gasteiger partial charge in [-0.3, -0.25) is 4.79 Å². The Morgan fingerprint density at radius 3 is 2.67 bits per heavy atom. The molecule has 0 spiro atoms. The van der Waals surface area contributed by atoms with Crippen molar-refractivity contribution < 1.29 is 13.2 Å². The predicted octanol–water partition coefficient (Wildman–Crippen LogP) is 0.0936. The van der Waals surface area contributed by atoms with E-state index < -0.39 is 16.1 Å². The molecule has 21 heavy (non-hydrogen) atoms. The highest BCUT2D eigenvalue weighted by molar-refractivity contribution is 7.89. The molecule has 2 rings (SSSR count). The minimum Gasteiger partial charge on any atom is -0.355 e. The van der Waals surface area contributed by atoms with Crippen LogP contribution in [0, 0.1) is 6.92 Å². The van der Waals surface area contributed by atoms with Gasteiger partial charge in [0.1, 0.15) is 6.04 Å². The third-order valence-corrected chi connectivity index (χ3v) is 5.40. The van der Waals surface area contributed by atoms with Gasteiger partial charge in [-0.25, -0.2) is 8.42 Å². The number of rotatable bonds is 4. The van der Waals surface area contributed by atoms with Crippen molar-refractivity contribution in [2.75, 3.05) is 26.2 Å². The van der Waals surface area contributed by atoms with Gasteiger partial charge < -0.3 is 10.6 Å². The summed E-state index contributed by atoms with van der Waals surface area (Å²) in [6.45, 7) is 5.36. The van der Waals surface area contributed by atoms with Crippen LogP contribution in [0.2, 0.25) is 0 Å². The fourth-order valence-corrected chi connectivity index (χ4v) is 3.92. The molecule has 1 aliphatic heterocycles. The average Bonchev–Trinajstić information content (AvgIpc) is 2.48. The fourth-order valence-electron chi connectivity index (χ4n) is 2.33. The normalized spacial score (nSPS) is 20.2. The maximum atomic E-state index is 12.7. The Morgan fingerprint density at radius 1 is 1.38 bits per heavy atom. The molecule has 1 unspecified atom stereocenters. The molecule has 2 N–H and O–H groups in total. The molecule has 6 nitrogen and oxygen atoms in total. The zero-order chi connectivity index (χ0) is 15.5. The van der Waals surface area contributed by atoms with Gasteiger partial charge in [0.05, 0.1) is 4.90 Å². The SMILES string of the molecule is CCNC(=O)C1CNCCN1S(=O)(=O)c1ccc(C)cc1. The molecule has 0 saturated carbocycles. The zero-order valence-corrected chi connectivity index (χ0v) is 13.1. The number of aryl methyl sites for hydroxylation is 1. The van der Waals surface area contributed by atoms with Crippen LogP contribution in [0.1, 0.15) is 12.5 Å². The number of amides is 1. The van der Waals surface area contributed by atoms with Crippen LogP contribution in [0.25, 0.3) is 0 Å². The Hall–Kier alpha value is -1.44. The van der Waals surface area contributed by atoms with Crippen LogP contribution in [-0.4, -0.2) is 50.9 Å². The number of carbonyl (C=O) groups excluding carboxylic acids is 1. The lowest BCUT2D eigenvalue weighted by Crippen LogP contribution is -2.59. The third kappa shape index (κ3) is 3.42. The van der Waals surface area contributed by atoms with E-state index in [0.717, 1.165) is 5.56 Å². The summed E-state index contributed by atoms with van der Waals surface area (Å²) in [6, 6.07) is 5.99. The van der Waals surface area contributed by atoms with E-state index in [9.17, 15) is 13.2 Å². The molecule has 0 radical (unpaired) electrons. The summed E-state index contributed by atoms with van der Waals surface area (Å²) in [6.07, 6.45) is 0. The maximum absolute atomic E-state index is 12.7. The third-order valence-electron chi connectivity index (χ3n) is 3.48. The van der Waals surface area contributed by atoms with Crippen molar-refractivity contribution in [1.82, 2.24) is 14.9 Å². The zero-order valence-electron chi connectivity index (χ0n) is 12.3. The Balaban J connectivity index is 2.31. The number of hydrogen-bond acceptors (Lipinski definition) is 4. The van der Waals surface area contributed by atoms with Crippen molar-refractivity contribution in [1.29, 1.82) is 0 Å². The van der Waals surface area contributed by atoms with Gasteiger partial charge in [-0.2, -0.15) is 4.31 Å². The number of piperazine rings is 1. The summed E-state index contributed by atoms with van der Waals surface area (Å²) in [4.78, 5) is 12.3. The molecule has 116 valence electrons. The highest BCUT2D eigenvalue weighted by Gasteiger charge is 2.37. The first kappa shape index (κ1) is 15.9. The molecule has 0 bridgehead atoms. The highest BCUT2D eigenvalue weighted by Crippen LogP contribution is 2.20. The summed E-state index contributed by atoms with van der Waals surface area (Å²) >= 11 is 0. The van der Waals surface area contributed by atoms with Crippen molar-refractivity contribution >= 4 is 15.9 Å². The second kappa shape index (κ2) is 6.55. The second-order valence-corrected chi connectivity index (χ2v) is 6.93. The second-order valence-electron chi connectivity index (χ2n) is 5.04. The van der Waals surface area contributed by atoms with E-state index >= 15 is 0 Å². The fraction of sp³-hybridized carbons (Fsp3) is 0.500. The number of nitrogens with zero attached hydrogens (tertiary/aromatic N) is 1. The number of carbonyl (C=O) groups is 1. The Morgan fingerprint density at radius 2 is 2.05 bits per heavy atom. The minimum absolute atomic E-state index is 0.226. The van der Waals surface area contributed by atoms with E-state index in [0.29, 0.717) is 19.6 Å². The van der Waals surface area contributed by atoms with E-state index in [1.807, 2.05) is 13.8 Å². The lowest BCUT2D eigenvalue weighted by molar-refractivity contribution is -0.125. The van der Waals surface area contributed by atoms with E-state index in [2.05, 4.69) is 10.6 Å². The average molecular weight is 311 g/mol. The molecule has 1 atom stereocenters. The highest BCUT2D eigenvalue weighted by atomic mass is 32.2. The number of benzene rings is 1. The largest absolute Gasteiger partial charge is 0.355 e. The van der Waals surface area contributed by atoms with Crippen LogP contribution in [0.4, 0.5) is 0 Å². The summed E-state index contributed by atoms with van der Waals surface area (Å²) in [7, 11) is -3.66. The first-order valence-corrected chi connectivity index (χ1v) is 8.47. The summed E-state index contributed by atoms with van der Waals surface area (Å²) in [5.74, 6) is -0.264. The Bertz CT molecular complexity index is 598. The first-order chi connectivity index (χ1) is 9.96. The van der Waals surface area contributed by atoms with Gasteiger partial charge in [0.25, 0.3) is 0 Å². The summed E-state index contributed by atoms with van der Waals surface area (Å²) < 4.78 is 26.8. The van der Waals surface area contributed by atoms with E-state index in [1.165, 1.54) is 4.31 Å². The quantitative estimate of drug-likeness (QED) is 0.826. The van der Waals surface area contributed by atoms with E-state index in [4.69, 9.17) is 0 Å². The number of sulfonamides is 1. The van der Waals surface area contributed by atoms with E-state index in [1.54, 1.807) is 24.3 Å². The van der Waals surface area contributed by atoms with Crippen LogP contribution in [-0.2, 0) is 14.8 Å². The van der Waals surface area contributed by atoms with Gasteiger partial charge in [-0.05, 0) is 26.0 Å². The number of likely N-dealkylation sites (N-methyl/N-ethyl adjacent to an activating group) is 1. The minimum atomic E-state index is -3.66. The molecular formula is C14H21N3O3S. The lowest BCUT2D eigenvalue weighted by atomic mass is 10.2. The van der Waals surface area contributed by atoms with Crippen molar-refractivity contribution in [2.24, 2.45) is 0 Å². The van der Waals surface area contributed by atoms with Gasteiger partial charge in [-0.15, -0.1) is 0 Å². The first-order valence-electron chi connectivity index (χ1n) is 7.03. The smallest absolute Gasteiger partial charge is 0.243 e. The Kier molecular flexibility index (Phi) is 4.97. The molecule has 7 heteroatoms. The van der Waals surface area contributed by atoms with Crippen molar-refractivity contribution in [2.45, 2.75) is 24.8 Å². The molecule has 1 aromatic rings. The summed E-state index contributed by atoms with van der Waals surface area (Å²) in [5, 5.41) is 5.76. The molecule has 0 aromatic heterocycles. The van der Waals surface area contributed by atoms with Gasteiger partial charge in [0, 0.05) is 26.2 Å². The monoisotopic (exact) mass is 311 g/mol. The number of hydrogen-bond donors (Lipinski definition) is 2. The number of nitrogens with one attached hydrogen (secondary N) is 2. The van der Waals surface area contributed by atoms with Gasteiger partial charge in [-0.1, -0.05) is 17.7 Å². The van der Waals surface area contributed by atoms with Crippen molar-refractivity contribution in [3.05, 3.63) is 29.8 Å². The van der Waals surface area contributed by atoms with Gasteiger partial charge in [0.2, 0.25) is 15.9 Å². The Labute approximate surface area is 125 Å². The van der Waals surface area contributed by atoms with Crippen molar-refractivity contribution in [3.8, 4) is 0 Å². The summed E-state index contributed by atoms with van der Waals surface area (Å²) in [5.41, 5.74) is 0.995. The predicted molar refractivity (Wildman–Crippen MR) is 80.4 cm³/mol. The molecule has 1 saturated heterocycles. The lowest BCUT2D eigenvalue weighted by Gasteiger charge is -2.34. The maximum Gasteiger partial charge on any atom is 0.243 e. The van der Waals surface area contributed by atoms with Gasteiger partial charge >= 0.3 is 0 Å². The molecule has 0 aliphatic carbocycles. The van der Waals surface area contributed by atoms with Crippen molar-refractivity contribution in [3.63, 3.8) is 0 Å². The molecule has 1 amide bonds. The molecular weight excluding hydrogens is 290 g/mol. The molecule has 1 aromatic carbocycles. The van der Waals surface area contributed by atoms with Crippen LogP contribution in [0.3, 0.4) is 0 Å². The van der Waals surface area contributed by atoms with E-state index in [-0.39, 0.29) is 17.3 Å². The molecule has 1 fully saturated rings. The molecule has 1 aliphatic rings. The van der Waals surface area contributed by atoms with Gasteiger partial charge in [0.15, 0.2) is 0 Å². The topological polar surface area (TPSA) is 78.5 Å². The standard InChI is InChI=1S/C14H21N3O3S/c1-3-16-14(18)13-10-15-8-9-17(13)21(19,20)12-6-4-11(2)5-7-12/h4-7,13,15H,3,8-10H2,1-2H3,(H,16,18).